The molecule has 0 spiro atoms. The Labute approximate surface area is 158 Å². The highest BCUT2D eigenvalue weighted by atomic mass is 16.1. The van der Waals surface area contributed by atoms with Gasteiger partial charge < -0.3 is 10.3 Å². The van der Waals surface area contributed by atoms with Crippen LogP contribution in [0.15, 0.2) is 49.1 Å². The van der Waals surface area contributed by atoms with Crippen molar-refractivity contribution in [3.05, 3.63) is 60.3 Å². The van der Waals surface area contributed by atoms with E-state index in [0.29, 0.717) is 23.7 Å². The van der Waals surface area contributed by atoms with Crippen LogP contribution in [0.25, 0.3) is 10.9 Å². The molecule has 2 fully saturated rings. The number of benzene rings is 1. The van der Waals surface area contributed by atoms with Gasteiger partial charge in [-0.25, -0.2) is 0 Å². The summed E-state index contributed by atoms with van der Waals surface area (Å²) in [6, 6.07) is 9.48. The first-order valence-electron chi connectivity index (χ1n) is 9.60. The number of fused-ring (bicyclic) bond motifs is 3. The third-order valence-electron chi connectivity index (χ3n) is 6.22. The number of carbonyl (C=O) groups is 1. The van der Waals surface area contributed by atoms with E-state index in [0.717, 1.165) is 36.0 Å². The lowest BCUT2D eigenvalue weighted by Gasteiger charge is -2.39. The van der Waals surface area contributed by atoms with Gasteiger partial charge in [0, 0.05) is 60.5 Å². The van der Waals surface area contributed by atoms with Crippen LogP contribution in [-0.4, -0.2) is 37.4 Å². The minimum absolute atomic E-state index is 0.372. The molecular weight excluding hydrogens is 338 g/mol. The molecule has 2 aromatic heterocycles. The van der Waals surface area contributed by atoms with Gasteiger partial charge in [-0.3, -0.25) is 19.7 Å². The molecule has 1 amide bonds. The summed E-state index contributed by atoms with van der Waals surface area (Å²) < 4.78 is 2.35. The van der Waals surface area contributed by atoms with Gasteiger partial charge in [-0.2, -0.15) is 0 Å². The molecule has 4 heterocycles. The molecule has 0 aliphatic carbocycles. The lowest BCUT2D eigenvalue weighted by Crippen LogP contribution is -2.42. The maximum Gasteiger partial charge on any atom is 0.248 e. The van der Waals surface area contributed by atoms with E-state index in [1.165, 1.54) is 12.8 Å². The molecular formula is C21H23N5O. The average Bonchev–Trinajstić information content (AvgIpc) is 3.19. The van der Waals surface area contributed by atoms with Crippen molar-refractivity contribution in [2.45, 2.75) is 50.4 Å². The van der Waals surface area contributed by atoms with Crippen molar-refractivity contribution in [1.29, 1.82) is 0 Å². The topological polar surface area (TPSA) is 77.0 Å². The highest BCUT2D eigenvalue weighted by Crippen LogP contribution is 2.42. The van der Waals surface area contributed by atoms with Gasteiger partial charge in [-0.15, -0.1) is 0 Å². The van der Waals surface area contributed by atoms with Crippen LogP contribution < -0.4 is 5.73 Å². The minimum atomic E-state index is -0.372. The van der Waals surface area contributed by atoms with Crippen molar-refractivity contribution < 1.29 is 4.79 Å². The SMILES string of the molecule is NC(=O)c1ccc2ccn(C3C[C@H]4CC[C@@H](C3)N4Cc3cnccn3)c2c1. The number of nitrogens with two attached hydrogens (primary N) is 1. The fourth-order valence-corrected chi connectivity index (χ4v) is 4.95. The number of rotatable bonds is 4. The molecule has 6 nitrogen and oxygen atoms in total. The summed E-state index contributed by atoms with van der Waals surface area (Å²) in [6.45, 7) is 0.883. The summed E-state index contributed by atoms with van der Waals surface area (Å²) in [4.78, 5) is 22.8. The Balaban J connectivity index is 1.40. The first-order chi connectivity index (χ1) is 13.2. The van der Waals surface area contributed by atoms with Crippen molar-refractivity contribution in [3.63, 3.8) is 0 Å². The monoisotopic (exact) mass is 361 g/mol. The molecule has 2 saturated heterocycles. The van der Waals surface area contributed by atoms with Crippen molar-refractivity contribution in [2.24, 2.45) is 5.73 Å². The van der Waals surface area contributed by atoms with Gasteiger partial charge in [0.05, 0.1) is 5.69 Å². The van der Waals surface area contributed by atoms with Gasteiger partial charge >= 0.3 is 0 Å². The second-order valence-corrected chi connectivity index (χ2v) is 7.74. The van der Waals surface area contributed by atoms with Crippen LogP contribution in [0.2, 0.25) is 0 Å². The lowest BCUT2D eigenvalue weighted by atomic mass is 9.96. The normalized spacial score (nSPS) is 25.1. The summed E-state index contributed by atoms with van der Waals surface area (Å²) in [5.74, 6) is -0.372. The zero-order valence-corrected chi connectivity index (χ0v) is 15.2. The molecule has 2 N–H and O–H groups in total. The molecule has 5 rings (SSSR count). The smallest absolute Gasteiger partial charge is 0.248 e. The predicted molar refractivity (Wildman–Crippen MR) is 103 cm³/mol. The number of primary amides is 1. The Bertz CT molecular complexity index is 969. The third kappa shape index (κ3) is 2.90. The van der Waals surface area contributed by atoms with E-state index in [9.17, 15) is 4.79 Å². The van der Waals surface area contributed by atoms with Gasteiger partial charge in [0.2, 0.25) is 5.91 Å². The van der Waals surface area contributed by atoms with Crippen LogP contribution in [0.4, 0.5) is 0 Å². The molecule has 2 aliphatic rings. The number of piperidine rings is 1. The van der Waals surface area contributed by atoms with Crippen LogP contribution in [0.1, 0.15) is 47.8 Å². The fourth-order valence-electron chi connectivity index (χ4n) is 4.95. The van der Waals surface area contributed by atoms with Crippen molar-refractivity contribution >= 4 is 16.8 Å². The molecule has 27 heavy (non-hydrogen) atoms. The predicted octanol–water partition coefficient (Wildman–Crippen LogP) is 2.90. The first-order valence-corrected chi connectivity index (χ1v) is 9.60. The molecule has 138 valence electrons. The maximum absolute atomic E-state index is 11.6. The third-order valence-corrected chi connectivity index (χ3v) is 6.22. The van der Waals surface area contributed by atoms with Gasteiger partial charge in [0.25, 0.3) is 0 Å². The number of amides is 1. The van der Waals surface area contributed by atoms with Crippen LogP contribution in [0, 0.1) is 0 Å². The number of carbonyl (C=O) groups excluding carboxylic acids is 1. The van der Waals surface area contributed by atoms with E-state index < -0.39 is 0 Å². The zero-order valence-electron chi connectivity index (χ0n) is 15.2. The van der Waals surface area contributed by atoms with Gasteiger partial charge in [-0.05, 0) is 49.3 Å². The summed E-state index contributed by atoms with van der Waals surface area (Å²) >= 11 is 0. The van der Waals surface area contributed by atoms with Crippen LogP contribution in [-0.2, 0) is 6.54 Å². The number of hydrogen-bond donors (Lipinski definition) is 1. The maximum atomic E-state index is 11.6. The Hall–Kier alpha value is -2.73. The highest BCUT2D eigenvalue weighted by Gasteiger charge is 2.41. The largest absolute Gasteiger partial charge is 0.366 e. The molecule has 3 atom stereocenters. The van der Waals surface area contributed by atoms with Crippen LogP contribution in [0.3, 0.4) is 0 Å². The number of aromatic nitrogens is 3. The van der Waals surface area contributed by atoms with E-state index in [2.05, 4.69) is 31.7 Å². The number of nitrogens with zero attached hydrogens (tertiary/aromatic N) is 4. The number of hydrogen-bond acceptors (Lipinski definition) is 4. The van der Waals surface area contributed by atoms with E-state index in [1.54, 1.807) is 12.4 Å². The van der Waals surface area contributed by atoms with E-state index >= 15 is 0 Å². The quantitative estimate of drug-likeness (QED) is 0.775. The Morgan fingerprint density at radius 2 is 1.93 bits per heavy atom. The molecule has 2 bridgehead atoms. The summed E-state index contributed by atoms with van der Waals surface area (Å²) in [5, 5.41) is 1.16. The molecule has 6 heteroatoms. The van der Waals surface area contributed by atoms with Crippen molar-refractivity contribution in [3.8, 4) is 0 Å². The van der Waals surface area contributed by atoms with Crippen molar-refractivity contribution in [2.75, 3.05) is 0 Å². The minimum Gasteiger partial charge on any atom is -0.366 e. The summed E-state index contributed by atoms with van der Waals surface area (Å²) in [6.07, 6.45) is 12.3. The Morgan fingerprint density at radius 1 is 1.11 bits per heavy atom. The second kappa shape index (κ2) is 6.46. The van der Waals surface area contributed by atoms with E-state index in [4.69, 9.17) is 5.73 Å². The Kier molecular flexibility index (Phi) is 3.93. The van der Waals surface area contributed by atoms with Gasteiger partial charge in [0.15, 0.2) is 0 Å². The van der Waals surface area contributed by atoms with E-state index in [-0.39, 0.29) is 5.91 Å². The second-order valence-electron chi connectivity index (χ2n) is 7.74. The summed E-state index contributed by atoms with van der Waals surface area (Å²) in [7, 11) is 0. The lowest BCUT2D eigenvalue weighted by molar-refractivity contribution is 0.0989. The molecule has 2 aliphatic heterocycles. The molecule has 0 radical (unpaired) electrons. The first kappa shape index (κ1) is 16.4. The van der Waals surface area contributed by atoms with Gasteiger partial charge in [-0.1, -0.05) is 6.07 Å². The zero-order chi connectivity index (χ0) is 18.4. The van der Waals surface area contributed by atoms with Crippen LogP contribution in [0.5, 0.6) is 0 Å². The molecule has 3 aromatic rings. The highest BCUT2D eigenvalue weighted by molar-refractivity contribution is 5.97. The van der Waals surface area contributed by atoms with Gasteiger partial charge in [0.1, 0.15) is 0 Å². The van der Waals surface area contributed by atoms with Crippen LogP contribution >= 0.6 is 0 Å². The molecule has 0 saturated carbocycles. The average molecular weight is 361 g/mol. The molecule has 1 aromatic carbocycles. The van der Waals surface area contributed by atoms with E-state index in [1.807, 2.05) is 24.4 Å². The fraction of sp³-hybridized carbons (Fsp3) is 0.381. The van der Waals surface area contributed by atoms with Crippen molar-refractivity contribution in [1.82, 2.24) is 19.4 Å². The summed E-state index contributed by atoms with van der Waals surface area (Å²) in [5.41, 5.74) is 8.21. The Morgan fingerprint density at radius 3 is 2.63 bits per heavy atom. The standard InChI is InChI=1S/C21H23N5O/c22-21(27)15-2-1-14-5-8-25(20(14)9-15)19-10-17-3-4-18(11-19)26(17)13-16-12-23-6-7-24-16/h1-2,5-9,12,17-19H,3-4,10-11,13H2,(H2,22,27)/t17-,18+,19?. The molecule has 1 unspecified atom stereocenters.